The van der Waals surface area contributed by atoms with Crippen LogP contribution in [0.1, 0.15) is 18.9 Å². The van der Waals surface area contributed by atoms with E-state index >= 15 is 0 Å². The number of aromatic amines is 1. The van der Waals surface area contributed by atoms with Gasteiger partial charge in [-0.05, 0) is 13.8 Å². The number of nitrogens with zero attached hydrogens (tertiary/aromatic N) is 4. The van der Waals surface area contributed by atoms with Crippen LogP contribution < -0.4 is 11.0 Å². The fraction of sp³-hybridized carbons (Fsp3) is 0.273. The van der Waals surface area contributed by atoms with Crippen LogP contribution in [-0.2, 0) is 5.54 Å². The number of anilines is 1. The Hall–Kier alpha value is -2.22. The average Bonchev–Trinajstić information content (AvgIpc) is 2.99. The molecule has 8 heteroatoms. The first-order valence-corrected chi connectivity index (χ1v) is 6.55. The zero-order chi connectivity index (χ0) is 13.5. The van der Waals surface area contributed by atoms with Crippen LogP contribution in [0.3, 0.4) is 0 Å². The van der Waals surface area contributed by atoms with E-state index in [1.165, 1.54) is 10.7 Å². The minimum Gasteiger partial charge on any atom is -0.359 e. The molecule has 2 N–H and O–H groups in total. The van der Waals surface area contributed by atoms with Gasteiger partial charge < -0.3 is 5.32 Å². The second kappa shape index (κ2) is 4.16. The van der Waals surface area contributed by atoms with Crippen LogP contribution in [-0.4, -0.2) is 24.6 Å². The second-order valence-corrected chi connectivity index (χ2v) is 5.51. The molecule has 0 aromatic carbocycles. The third-order valence-corrected chi connectivity index (χ3v) is 3.81. The Morgan fingerprint density at radius 1 is 1.42 bits per heavy atom. The van der Waals surface area contributed by atoms with Crippen molar-refractivity contribution in [1.82, 2.24) is 24.6 Å². The molecule has 0 unspecified atom stereocenters. The molecule has 19 heavy (non-hydrogen) atoms. The average molecular weight is 276 g/mol. The summed E-state index contributed by atoms with van der Waals surface area (Å²) in [6, 6.07) is 1.72. The van der Waals surface area contributed by atoms with E-state index < -0.39 is 0 Å². The minimum absolute atomic E-state index is 0.298. The maximum Gasteiger partial charge on any atom is 0.348 e. The van der Waals surface area contributed by atoms with E-state index in [2.05, 4.69) is 25.5 Å². The summed E-state index contributed by atoms with van der Waals surface area (Å²) >= 11 is 1.58. The standard InChI is InChI=1S/C11H12N6OS/c1-11(2,9-12-3-4-19-9)14-7-5-8-15-16-10(18)17(8)6-13-7/h3-6,14H,1-2H3,(H,16,18). The third kappa shape index (κ3) is 2.10. The van der Waals surface area contributed by atoms with Crippen LogP contribution in [0, 0.1) is 0 Å². The SMILES string of the molecule is CC(C)(Nc1cc2n[nH]c(=O)n2cn1)c1nccs1. The number of nitrogens with one attached hydrogen (secondary N) is 2. The molecule has 0 saturated heterocycles. The summed E-state index contributed by atoms with van der Waals surface area (Å²) in [6.07, 6.45) is 3.22. The van der Waals surface area contributed by atoms with E-state index in [-0.39, 0.29) is 11.2 Å². The molecule has 0 aliphatic rings. The molecule has 3 rings (SSSR count). The van der Waals surface area contributed by atoms with Crippen molar-refractivity contribution in [3.05, 3.63) is 39.5 Å². The molecule has 0 atom stereocenters. The van der Waals surface area contributed by atoms with Crippen molar-refractivity contribution in [2.45, 2.75) is 19.4 Å². The first kappa shape index (κ1) is 11.8. The topological polar surface area (TPSA) is 88.0 Å². The first-order chi connectivity index (χ1) is 9.06. The van der Waals surface area contributed by atoms with Gasteiger partial charge >= 0.3 is 5.69 Å². The Labute approximate surface area is 112 Å². The highest BCUT2D eigenvalue weighted by Gasteiger charge is 2.23. The fourth-order valence-corrected chi connectivity index (χ4v) is 2.50. The molecule has 7 nitrogen and oxygen atoms in total. The van der Waals surface area contributed by atoms with Gasteiger partial charge in [0.15, 0.2) is 5.65 Å². The molecule has 3 aromatic heterocycles. The Bertz CT molecular complexity index is 757. The molecule has 3 heterocycles. The van der Waals surface area contributed by atoms with Crippen LogP contribution in [0.5, 0.6) is 0 Å². The van der Waals surface area contributed by atoms with Gasteiger partial charge in [-0.1, -0.05) is 0 Å². The Morgan fingerprint density at radius 2 is 2.26 bits per heavy atom. The lowest BCUT2D eigenvalue weighted by Crippen LogP contribution is -2.28. The predicted octanol–water partition coefficient (Wildman–Crippen LogP) is 1.22. The predicted molar refractivity (Wildman–Crippen MR) is 72.4 cm³/mol. The van der Waals surface area contributed by atoms with Gasteiger partial charge in [0.2, 0.25) is 0 Å². The summed E-state index contributed by atoms with van der Waals surface area (Å²) in [5.74, 6) is 0.645. The third-order valence-electron chi connectivity index (χ3n) is 2.72. The Balaban J connectivity index is 1.95. The lowest BCUT2D eigenvalue weighted by molar-refractivity contribution is 0.600. The van der Waals surface area contributed by atoms with E-state index in [0.717, 1.165) is 5.01 Å². The molecule has 0 aliphatic heterocycles. The van der Waals surface area contributed by atoms with Gasteiger partial charge in [0, 0.05) is 17.6 Å². The van der Waals surface area contributed by atoms with Crippen LogP contribution in [0.15, 0.2) is 28.8 Å². The molecule has 0 spiro atoms. The normalized spacial score (nSPS) is 11.9. The first-order valence-electron chi connectivity index (χ1n) is 5.67. The van der Waals surface area contributed by atoms with Gasteiger partial charge in [-0.3, -0.25) is 0 Å². The quantitative estimate of drug-likeness (QED) is 0.751. The lowest BCUT2D eigenvalue weighted by Gasteiger charge is -2.24. The van der Waals surface area contributed by atoms with Crippen LogP contribution >= 0.6 is 11.3 Å². The van der Waals surface area contributed by atoms with Gasteiger partial charge in [0.1, 0.15) is 17.2 Å². The van der Waals surface area contributed by atoms with E-state index in [4.69, 9.17) is 0 Å². The monoisotopic (exact) mass is 276 g/mol. The fourth-order valence-electron chi connectivity index (χ4n) is 1.78. The summed E-state index contributed by atoms with van der Waals surface area (Å²) in [5.41, 5.74) is -0.110. The van der Waals surface area contributed by atoms with Crippen molar-refractivity contribution in [1.29, 1.82) is 0 Å². The van der Waals surface area contributed by atoms with Crippen molar-refractivity contribution in [3.8, 4) is 0 Å². The summed E-state index contributed by atoms with van der Waals surface area (Å²) in [6.45, 7) is 4.04. The van der Waals surface area contributed by atoms with Crippen LogP contribution in [0.2, 0.25) is 0 Å². The van der Waals surface area contributed by atoms with Gasteiger partial charge in [0.25, 0.3) is 0 Å². The highest BCUT2D eigenvalue weighted by atomic mass is 32.1. The zero-order valence-corrected chi connectivity index (χ0v) is 11.2. The maximum atomic E-state index is 11.3. The minimum atomic E-state index is -0.337. The number of aromatic nitrogens is 5. The molecule has 0 bridgehead atoms. The van der Waals surface area contributed by atoms with Crippen molar-refractivity contribution >= 4 is 22.8 Å². The molecule has 0 saturated carbocycles. The number of rotatable bonds is 3. The molecule has 0 radical (unpaired) electrons. The van der Waals surface area contributed by atoms with E-state index in [1.54, 1.807) is 23.6 Å². The molecule has 98 valence electrons. The van der Waals surface area contributed by atoms with Crippen molar-refractivity contribution in [2.24, 2.45) is 0 Å². The molecule has 0 fully saturated rings. The number of hydrogen-bond donors (Lipinski definition) is 2. The number of H-pyrrole nitrogens is 1. The Morgan fingerprint density at radius 3 is 3.00 bits per heavy atom. The summed E-state index contributed by atoms with van der Waals surface area (Å²) < 4.78 is 1.35. The number of thiazole rings is 1. The van der Waals surface area contributed by atoms with Crippen molar-refractivity contribution in [3.63, 3.8) is 0 Å². The van der Waals surface area contributed by atoms with Crippen LogP contribution in [0.4, 0.5) is 5.82 Å². The molecular formula is C11H12N6OS. The molecule has 3 aromatic rings. The summed E-state index contributed by atoms with van der Waals surface area (Å²) in [4.78, 5) is 19.8. The van der Waals surface area contributed by atoms with Crippen LogP contribution in [0.25, 0.3) is 5.65 Å². The number of fused-ring (bicyclic) bond motifs is 1. The maximum absolute atomic E-state index is 11.3. The number of hydrogen-bond acceptors (Lipinski definition) is 6. The molecular weight excluding hydrogens is 264 g/mol. The van der Waals surface area contributed by atoms with E-state index in [9.17, 15) is 4.79 Å². The van der Waals surface area contributed by atoms with Crippen molar-refractivity contribution in [2.75, 3.05) is 5.32 Å². The highest BCUT2D eigenvalue weighted by Crippen LogP contribution is 2.26. The molecule has 0 amide bonds. The van der Waals surface area contributed by atoms with Gasteiger partial charge in [0.05, 0.1) is 5.54 Å². The highest BCUT2D eigenvalue weighted by molar-refractivity contribution is 7.09. The lowest BCUT2D eigenvalue weighted by atomic mass is 10.1. The van der Waals surface area contributed by atoms with E-state index in [0.29, 0.717) is 11.5 Å². The van der Waals surface area contributed by atoms with Crippen molar-refractivity contribution < 1.29 is 0 Å². The molecule has 0 aliphatic carbocycles. The zero-order valence-electron chi connectivity index (χ0n) is 10.4. The van der Waals surface area contributed by atoms with E-state index in [1.807, 2.05) is 19.2 Å². The van der Waals surface area contributed by atoms with Gasteiger partial charge in [-0.25, -0.2) is 24.3 Å². The van der Waals surface area contributed by atoms with Gasteiger partial charge in [-0.15, -0.1) is 11.3 Å². The summed E-state index contributed by atoms with van der Waals surface area (Å²) in [7, 11) is 0. The largest absolute Gasteiger partial charge is 0.359 e. The second-order valence-electron chi connectivity index (χ2n) is 4.62. The smallest absolute Gasteiger partial charge is 0.348 e. The van der Waals surface area contributed by atoms with Gasteiger partial charge in [-0.2, -0.15) is 5.10 Å². The summed E-state index contributed by atoms with van der Waals surface area (Å²) in [5, 5.41) is 12.5. The Kier molecular flexibility index (Phi) is 2.59.